The molecule has 0 aliphatic rings. The fraction of sp³-hybridized carbons (Fsp3) is 0.800. The highest BCUT2D eigenvalue weighted by molar-refractivity contribution is 7.07. The summed E-state index contributed by atoms with van der Waals surface area (Å²) in [7, 11) is 0. The van der Waals surface area contributed by atoms with E-state index in [4.69, 9.17) is 0 Å². The fourth-order valence-corrected chi connectivity index (χ4v) is 3.85. The average Bonchev–Trinajstić information content (AvgIpc) is 2.99. The third-order valence-electron chi connectivity index (χ3n) is 4.54. The van der Waals surface area contributed by atoms with Crippen molar-refractivity contribution < 1.29 is 0 Å². The average molecular weight is 309 g/mol. The Labute approximate surface area is 137 Å². The van der Waals surface area contributed by atoms with Crippen LogP contribution in [0.1, 0.15) is 96.5 Å². The minimum atomic E-state index is 0.933. The predicted octanol–water partition coefficient (Wildman–Crippen LogP) is 7.63. The van der Waals surface area contributed by atoms with Crippen molar-refractivity contribution in [2.45, 2.75) is 97.3 Å². The van der Waals surface area contributed by atoms with Gasteiger partial charge in [0.1, 0.15) is 0 Å². The van der Waals surface area contributed by atoms with E-state index in [0.29, 0.717) is 0 Å². The van der Waals surface area contributed by atoms with Crippen molar-refractivity contribution in [3.8, 4) is 0 Å². The third kappa shape index (κ3) is 10.1. The molecule has 0 nitrogen and oxygen atoms in total. The fourth-order valence-electron chi connectivity index (χ4n) is 3.16. The number of thiophene rings is 1. The van der Waals surface area contributed by atoms with Crippen molar-refractivity contribution in [3.63, 3.8) is 0 Å². The first kappa shape index (κ1) is 18.7. The van der Waals surface area contributed by atoms with Crippen LogP contribution in [0.2, 0.25) is 0 Å². The number of hydrogen-bond acceptors (Lipinski definition) is 1. The van der Waals surface area contributed by atoms with Crippen molar-refractivity contribution in [3.05, 3.63) is 22.4 Å². The Morgan fingerprint density at radius 3 is 1.95 bits per heavy atom. The van der Waals surface area contributed by atoms with Gasteiger partial charge in [-0.3, -0.25) is 0 Å². The molecule has 0 saturated heterocycles. The molecule has 0 aromatic carbocycles. The topological polar surface area (TPSA) is 0 Å². The number of unbranched alkanes of at least 4 members (excludes halogenated alkanes) is 8. The van der Waals surface area contributed by atoms with Crippen LogP contribution >= 0.6 is 11.3 Å². The molecule has 0 aliphatic carbocycles. The molecule has 21 heavy (non-hydrogen) atoms. The molecule has 0 saturated carbocycles. The molecule has 0 amide bonds. The Morgan fingerprint density at radius 1 is 0.810 bits per heavy atom. The van der Waals surface area contributed by atoms with E-state index >= 15 is 0 Å². The Bertz CT molecular complexity index is 302. The summed E-state index contributed by atoms with van der Waals surface area (Å²) in [6.45, 7) is 4.60. The molecule has 0 unspecified atom stereocenters. The maximum Gasteiger partial charge on any atom is -0.00612 e. The maximum atomic E-state index is 2.35. The second-order valence-corrected chi connectivity index (χ2v) is 7.39. The number of hydrogen-bond donors (Lipinski definition) is 0. The summed E-state index contributed by atoms with van der Waals surface area (Å²) < 4.78 is 0. The molecule has 0 fully saturated rings. The van der Waals surface area contributed by atoms with Crippen LogP contribution in [0.25, 0.3) is 0 Å². The lowest BCUT2D eigenvalue weighted by atomic mass is 9.89. The molecule has 1 rings (SSSR count). The van der Waals surface area contributed by atoms with Gasteiger partial charge < -0.3 is 0 Å². The molecule has 0 radical (unpaired) electrons. The summed E-state index contributed by atoms with van der Waals surface area (Å²) in [6.07, 6.45) is 18.5. The molecule has 1 aromatic heterocycles. The lowest BCUT2D eigenvalue weighted by molar-refractivity contribution is 0.402. The van der Waals surface area contributed by atoms with Gasteiger partial charge in [-0.25, -0.2) is 0 Å². The minimum absolute atomic E-state index is 0.933. The molecule has 122 valence electrons. The van der Waals surface area contributed by atoms with E-state index in [2.05, 4.69) is 30.7 Å². The van der Waals surface area contributed by atoms with Crippen molar-refractivity contribution >= 4 is 11.3 Å². The molecule has 1 atom stereocenters. The van der Waals surface area contributed by atoms with Gasteiger partial charge in [-0.1, -0.05) is 90.9 Å². The van der Waals surface area contributed by atoms with E-state index in [1.165, 1.54) is 83.5 Å². The monoisotopic (exact) mass is 308 g/mol. The minimum Gasteiger partial charge on any atom is -0.152 e. The van der Waals surface area contributed by atoms with Gasteiger partial charge in [0.25, 0.3) is 0 Å². The van der Waals surface area contributed by atoms with E-state index in [-0.39, 0.29) is 0 Å². The quantitative estimate of drug-likeness (QED) is 0.310. The van der Waals surface area contributed by atoms with Gasteiger partial charge in [-0.15, -0.1) is 0 Å². The van der Waals surface area contributed by atoms with Crippen LogP contribution in [0, 0.1) is 5.92 Å². The molecule has 0 bridgehead atoms. The van der Waals surface area contributed by atoms with Crippen molar-refractivity contribution in [2.75, 3.05) is 0 Å². The van der Waals surface area contributed by atoms with Crippen LogP contribution in [-0.2, 0) is 6.42 Å². The summed E-state index contributed by atoms with van der Waals surface area (Å²) in [5.41, 5.74) is 1.58. The van der Waals surface area contributed by atoms with Gasteiger partial charge in [0.2, 0.25) is 0 Å². The smallest absolute Gasteiger partial charge is 0.00612 e. The number of rotatable bonds is 14. The maximum absolute atomic E-state index is 2.35. The van der Waals surface area contributed by atoms with Crippen LogP contribution < -0.4 is 0 Å². The Balaban J connectivity index is 2.19. The van der Waals surface area contributed by atoms with Crippen LogP contribution in [0.5, 0.6) is 0 Å². The zero-order valence-corrected chi connectivity index (χ0v) is 15.2. The lowest BCUT2D eigenvalue weighted by Gasteiger charge is -2.16. The molecule has 1 heterocycles. The molecule has 1 aromatic rings. The van der Waals surface area contributed by atoms with Crippen LogP contribution in [0.4, 0.5) is 0 Å². The largest absolute Gasteiger partial charge is 0.152 e. The van der Waals surface area contributed by atoms with Gasteiger partial charge in [0.05, 0.1) is 0 Å². The summed E-state index contributed by atoms with van der Waals surface area (Å²) in [5, 5.41) is 4.58. The van der Waals surface area contributed by atoms with Crippen LogP contribution in [0.3, 0.4) is 0 Å². The SMILES string of the molecule is CCCCCCCC[C@H](CCCCCC)Cc1ccsc1. The first-order valence-corrected chi connectivity index (χ1v) is 10.3. The van der Waals surface area contributed by atoms with E-state index in [0.717, 1.165) is 5.92 Å². The standard InChI is InChI=1S/C20H36S/c1-3-5-7-9-10-12-14-19(13-11-8-6-4-2)17-20-15-16-21-18-20/h15-16,18-19H,3-14,17H2,1-2H3/t19-/m0/s1. The third-order valence-corrected chi connectivity index (χ3v) is 5.27. The van der Waals surface area contributed by atoms with Gasteiger partial charge in [-0.05, 0) is 34.7 Å². The van der Waals surface area contributed by atoms with Gasteiger partial charge in [0.15, 0.2) is 0 Å². The highest BCUT2D eigenvalue weighted by Gasteiger charge is 2.10. The summed E-state index contributed by atoms with van der Waals surface area (Å²) in [6, 6.07) is 2.32. The van der Waals surface area contributed by atoms with E-state index in [9.17, 15) is 0 Å². The second-order valence-electron chi connectivity index (χ2n) is 6.61. The normalized spacial score (nSPS) is 12.7. The predicted molar refractivity (Wildman–Crippen MR) is 98.3 cm³/mol. The van der Waals surface area contributed by atoms with Crippen LogP contribution in [0.15, 0.2) is 16.8 Å². The Kier molecular flexibility index (Phi) is 11.9. The van der Waals surface area contributed by atoms with E-state index in [1.807, 2.05) is 11.3 Å². The molecular weight excluding hydrogens is 272 g/mol. The first-order chi connectivity index (χ1) is 10.4. The Morgan fingerprint density at radius 2 is 1.38 bits per heavy atom. The second kappa shape index (κ2) is 13.4. The van der Waals surface area contributed by atoms with E-state index in [1.54, 1.807) is 5.56 Å². The summed E-state index contributed by atoms with van der Waals surface area (Å²) >= 11 is 1.85. The summed E-state index contributed by atoms with van der Waals surface area (Å²) in [5.74, 6) is 0.933. The molecule has 1 heteroatoms. The van der Waals surface area contributed by atoms with E-state index < -0.39 is 0 Å². The lowest BCUT2D eigenvalue weighted by Crippen LogP contribution is -2.04. The molecule has 0 spiro atoms. The van der Waals surface area contributed by atoms with Crippen LogP contribution in [-0.4, -0.2) is 0 Å². The molecule has 0 N–H and O–H groups in total. The highest BCUT2D eigenvalue weighted by atomic mass is 32.1. The van der Waals surface area contributed by atoms with Gasteiger partial charge in [-0.2, -0.15) is 11.3 Å². The van der Waals surface area contributed by atoms with Crippen molar-refractivity contribution in [1.82, 2.24) is 0 Å². The highest BCUT2D eigenvalue weighted by Crippen LogP contribution is 2.23. The molecular formula is C20H36S. The van der Waals surface area contributed by atoms with Crippen molar-refractivity contribution in [2.24, 2.45) is 5.92 Å². The van der Waals surface area contributed by atoms with Crippen molar-refractivity contribution in [1.29, 1.82) is 0 Å². The Hall–Kier alpha value is -0.300. The zero-order valence-electron chi connectivity index (χ0n) is 14.4. The van der Waals surface area contributed by atoms with Gasteiger partial charge in [0, 0.05) is 0 Å². The first-order valence-electron chi connectivity index (χ1n) is 9.37. The summed E-state index contributed by atoms with van der Waals surface area (Å²) in [4.78, 5) is 0. The van der Waals surface area contributed by atoms with Gasteiger partial charge >= 0.3 is 0 Å². The molecule has 0 aliphatic heterocycles. The zero-order chi connectivity index (χ0) is 15.2.